The third kappa shape index (κ3) is 2.88. The number of rotatable bonds is 5. The molecule has 0 saturated carbocycles. The summed E-state index contributed by atoms with van der Waals surface area (Å²) in [5.41, 5.74) is 2.20. The fourth-order valence-corrected chi connectivity index (χ4v) is 3.81. The Morgan fingerprint density at radius 1 is 0.800 bits per heavy atom. The van der Waals surface area contributed by atoms with Crippen LogP contribution in [0, 0.1) is 0 Å². The Balaban J connectivity index is 1.69. The van der Waals surface area contributed by atoms with E-state index in [1.807, 2.05) is 66.7 Å². The molecule has 0 aliphatic carbocycles. The van der Waals surface area contributed by atoms with Gasteiger partial charge in [0.15, 0.2) is 0 Å². The van der Waals surface area contributed by atoms with Crippen LogP contribution in [-0.2, 0) is 5.60 Å². The van der Waals surface area contributed by atoms with Crippen LogP contribution in [0.2, 0.25) is 0 Å². The Bertz CT molecular complexity index is 777. The van der Waals surface area contributed by atoms with Crippen molar-refractivity contribution in [3.8, 4) is 0 Å². The first-order valence-electron chi connectivity index (χ1n) is 8.85. The third-order valence-corrected chi connectivity index (χ3v) is 5.34. The first-order chi connectivity index (χ1) is 12.2. The molecule has 2 nitrogen and oxygen atoms in total. The van der Waals surface area contributed by atoms with Gasteiger partial charge in [0, 0.05) is 12.6 Å². The molecule has 1 aliphatic heterocycles. The van der Waals surface area contributed by atoms with E-state index >= 15 is 0 Å². The van der Waals surface area contributed by atoms with E-state index in [9.17, 15) is 5.11 Å². The summed E-state index contributed by atoms with van der Waals surface area (Å²) in [6.07, 6.45) is 0. The lowest BCUT2D eigenvalue weighted by Crippen LogP contribution is -2.36. The molecular weight excluding hydrogens is 306 g/mol. The zero-order valence-electron chi connectivity index (χ0n) is 14.4. The maximum Gasteiger partial charge on any atom is 0.131 e. The molecule has 1 heterocycles. The second-order valence-electron chi connectivity index (χ2n) is 6.80. The zero-order chi connectivity index (χ0) is 17.3. The predicted octanol–water partition coefficient (Wildman–Crippen LogP) is 4.37. The monoisotopic (exact) mass is 329 g/mol. The quantitative estimate of drug-likeness (QED) is 0.703. The molecule has 126 valence electrons. The number of hydrogen-bond acceptors (Lipinski definition) is 2. The lowest BCUT2D eigenvalue weighted by molar-refractivity contribution is 0.0602. The molecule has 1 aliphatic rings. The molecule has 3 aromatic rings. The van der Waals surface area contributed by atoms with Crippen LogP contribution in [-0.4, -0.2) is 22.6 Å². The molecule has 0 spiro atoms. The SMILES string of the molecule is C[C@@H](c1ccccc1)N1C[C@@H]1C(O)(c1ccccc1)c1ccccc1. The third-order valence-electron chi connectivity index (χ3n) is 5.34. The van der Waals surface area contributed by atoms with Gasteiger partial charge in [0.25, 0.3) is 0 Å². The van der Waals surface area contributed by atoms with Crippen molar-refractivity contribution >= 4 is 0 Å². The highest BCUT2D eigenvalue weighted by atomic mass is 16.3. The highest BCUT2D eigenvalue weighted by Crippen LogP contribution is 2.46. The van der Waals surface area contributed by atoms with Crippen LogP contribution in [0.15, 0.2) is 91.0 Å². The zero-order valence-corrected chi connectivity index (χ0v) is 14.4. The van der Waals surface area contributed by atoms with Crippen LogP contribution in [0.25, 0.3) is 0 Å². The minimum absolute atomic E-state index is 0.0764. The van der Waals surface area contributed by atoms with Gasteiger partial charge < -0.3 is 5.11 Å². The van der Waals surface area contributed by atoms with Crippen molar-refractivity contribution in [2.45, 2.75) is 24.6 Å². The van der Waals surface area contributed by atoms with E-state index in [0.717, 1.165) is 17.7 Å². The van der Waals surface area contributed by atoms with E-state index in [0.29, 0.717) is 0 Å². The van der Waals surface area contributed by atoms with Crippen LogP contribution in [0.5, 0.6) is 0 Å². The highest BCUT2D eigenvalue weighted by molar-refractivity contribution is 5.41. The highest BCUT2D eigenvalue weighted by Gasteiger charge is 2.54. The van der Waals surface area contributed by atoms with E-state index in [2.05, 4.69) is 36.1 Å². The Morgan fingerprint density at radius 3 is 1.72 bits per heavy atom. The minimum atomic E-state index is -0.994. The standard InChI is InChI=1S/C23H23NO/c1-18(19-11-5-2-6-12-19)24-17-22(24)23(25,20-13-7-3-8-14-20)21-15-9-4-10-16-21/h2-16,18,22,25H,17H2,1H3/t18-,22+,24?/m0/s1. The molecule has 2 heteroatoms. The number of nitrogens with zero attached hydrogens (tertiary/aromatic N) is 1. The van der Waals surface area contributed by atoms with Crippen molar-refractivity contribution in [2.75, 3.05) is 6.54 Å². The topological polar surface area (TPSA) is 23.2 Å². The largest absolute Gasteiger partial charge is 0.379 e. The molecule has 3 aromatic carbocycles. The summed E-state index contributed by atoms with van der Waals surface area (Å²) < 4.78 is 0. The number of hydrogen-bond donors (Lipinski definition) is 1. The lowest BCUT2D eigenvalue weighted by atomic mass is 9.83. The molecule has 0 bridgehead atoms. The summed E-state index contributed by atoms with van der Waals surface area (Å²) in [7, 11) is 0. The first-order valence-corrected chi connectivity index (χ1v) is 8.85. The van der Waals surface area contributed by atoms with Crippen molar-refractivity contribution in [1.29, 1.82) is 0 Å². The van der Waals surface area contributed by atoms with E-state index < -0.39 is 5.60 Å². The lowest BCUT2D eigenvalue weighted by Gasteiger charge is -2.31. The van der Waals surface area contributed by atoms with Gasteiger partial charge in [0.05, 0.1) is 6.04 Å². The molecule has 4 rings (SSSR count). The Hall–Kier alpha value is -2.42. The van der Waals surface area contributed by atoms with Crippen molar-refractivity contribution in [3.63, 3.8) is 0 Å². The molecule has 0 aromatic heterocycles. The predicted molar refractivity (Wildman–Crippen MR) is 101 cm³/mol. The van der Waals surface area contributed by atoms with Gasteiger partial charge in [-0.25, -0.2) is 0 Å². The van der Waals surface area contributed by atoms with Crippen LogP contribution >= 0.6 is 0 Å². The van der Waals surface area contributed by atoms with Crippen LogP contribution in [0.4, 0.5) is 0 Å². The summed E-state index contributed by atoms with van der Waals surface area (Å²) in [6, 6.07) is 30.9. The van der Waals surface area contributed by atoms with Crippen molar-refractivity contribution in [2.24, 2.45) is 0 Å². The van der Waals surface area contributed by atoms with Crippen molar-refractivity contribution in [3.05, 3.63) is 108 Å². The normalized spacial score (nSPS) is 20.9. The van der Waals surface area contributed by atoms with Gasteiger partial charge in [-0.1, -0.05) is 91.0 Å². The van der Waals surface area contributed by atoms with E-state index in [1.54, 1.807) is 0 Å². The number of benzene rings is 3. The average molecular weight is 329 g/mol. The van der Waals surface area contributed by atoms with Crippen LogP contribution in [0.3, 0.4) is 0 Å². The fraction of sp³-hybridized carbons (Fsp3) is 0.217. The average Bonchev–Trinajstić information content (AvgIpc) is 3.50. The van der Waals surface area contributed by atoms with E-state index in [-0.39, 0.29) is 12.1 Å². The smallest absolute Gasteiger partial charge is 0.131 e. The molecule has 3 atom stereocenters. The second kappa shape index (κ2) is 6.47. The van der Waals surface area contributed by atoms with Crippen LogP contribution < -0.4 is 0 Å². The van der Waals surface area contributed by atoms with Gasteiger partial charge >= 0.3 is 0 Å². The molecule has 1 fully saturated rings. The van der Waals surface area contributed by atoms with Crippen molar-refractivity contribution < 1.29 is 5.11 Å². The fourth-order valence-electron chi connectivity index (χ4n) is 3.81. The molecule has 25 heavy (non-hydrogen) atoms. The summed E-state index contributed by atoms with van der Waals surface area (Å²) in [4.78, 5) is 2.37. The maximum atomic E-state index is 11.8. The van der Waals surface area contributed by atoms with E-state index in [1.165, 1.54) is 5.56 Å². The van der Waals surface area contributed by atoms with Gasteiger partial charge in [0.1, 0.15) is 5.60 Å². The summed E-state index contributed by atoms with van der Waals surface area (Å²) >= 11 is 0. The molecule has 1 unspecified atom stereocenters. The van der Waals surface area contributed by atoms with Gasteiger partial charge in [-0.05, 0) is 23.6 Å². The molecular formula is C23H23NO. The van der Waals surface area contributed by atoms with E-state index in [4.69, 9.17) is 0 Å². The summed E-state index contributed by atoms with van der Waals surface area (Å²) in [5, 5.41) is 11.8. The van der Waals surface area contributed by atoms with Crippen molar-refractivity contribution in [1.82, 2.24) is 4.90 Å². The number of aliphatic hydroxyl groups is 1. The van der Waals surface area contributed by atoms with Gasteiger partial charge in [-0.15, -0.1) is 0 Å². The summed E-state index contributed by atoms with van der Waals surface area (Å²) in [5.74, 6) is 0. The van der Waals surface area contributed by atoms with Gasteiger partial charge in [-0.2, -0.15) is 0 Å². The molecule has 0 radical (unpaired) electrons. The Kier molecular flexibility index (Phi) is 4.16. The Morgan fingerprint density at radius 2 is 1.24 bits per heavy atom. The summed E-state index contributed by atoms with van der Waals surface area (Å²) in [6.45, 7) is 3.10. The minimum Gasteiger partial charge on any atom is -0.379 e. The maximum absolute atomic E-state index is 11.8. The molecule has 1 N–H and O–H groups in total. The Labute approximate surface area is 149 Å². The van der Waals surface area contributed by atoms with Gasteiger partial charge in [-0.3, -0.25) is 4.90 Å². The molecule has 0 amide bonds. The molecule has 1 saturated heterocycles. The van der Waals surface area contributed by atoms with Crippen LogP contribution in [0.1, 0.15) is 29.7 Å². The second-order valence-corrected chi connectivity index (χ2v) is 6.80. The first kappa shape index (κ1) is 16.1. The van der Waals surface area contributed by atoms with Gasteiger partial charge in [0.2, 0.25) is 0 Å².